The van der Waals surface area contributed by atoms with Gasteiger partial charge in [0.15, 0.2) is 0 Å². The van der Waals surface area contributed by atoms with Gasteiger partial charge in [0.2, 0.25) is 0 Å². The van der Waals surface area contributed by atoms with Crippen LogP contribution >= 0.6 is 11.8 Å². The fourth-order valence-corrected chi connectivity index (χ4v) is 4.42. The molecule has 1 aromatic carbocycles. The molecule has 1 aliphatic rings. The summed E-state index contributed by atoms with van der Waals surface area (Å²) in [5.74, 6) is 1.34. The molecule has 2 atom stereocenters. The zero-order valence-corrected chi connectivity index (χ0v) is 13.1. The van der Waals surface area contributed by atoms with Crippen molar-refractivity contribution in [2.75, 3.05) is 12.3 Å². The molecule has 1 saturated heterocycles. The van der Waals surface area contributed by atoms with Gasteiger partial charge >= 0.3 is 0 Å². The minimum absolute atomic E-state index is 0.448. The van der Waals surface area contributed by atoms with Crippen LogP contribution in [0, 0.1) is 0 Å². The second kappa shape index (κ2) is 7.35. The summed E-state index contributed by atoms with van der Waals surface area (Å²) in [6.45, 7) is 5.87. The quantitative estimate of drug-likeness (QED) is 0.798. The minimum atomic E-state index is 0.448. The lowest BCUT2D eigenvalue weighted by atomic mass is 9.91. The first-order valence-electron chi connectivity index (χ1n) is 7.66. The molecule has 19 heavy (non-hydrogen) atoms. The molecule has 1 N–H and O–H groups in total. The third-order valence-corrected chi connectivity index (χ3v) is 5.83. The summed E-state index contributed by atoms with van der Waals surface area (Å²) in [7, 11) is 0. The molecule has 0 spiro atoms. The highest BCUT2D eigenvalue weighted by Crippen LogP contribution is 2.41. The molecule has 2 heteroatoms. The lowest BCUT2D eigenvalue weighted by Crippen LogP contribution is -2.45. The highest BCUT2D eigenvalue weighted by atomic mass is 32.2. The molecular weight excluding hydrogens is 250 g/mol. The molecule has 106 valence electrons. The normalized spacial score (nSPS) is 24.5. The van der Waals surface area contributed by atoms with Gasteiger partial charge in [-0.2, -0.15) is 11.8 Å². The second-order valence-corrected chi connectivity index (χ2v) is 7.43. The summed E-state index contributed by atoms with van der Waals surface area (Å²) < 4.78 is 0.448. The highest BCUT2D eigenvalue weighted by Gasteiger charge is 2.36. The largest absolute Gasteiger partial charge is 0.313 e. The molecule has 0 aromatic heterocycles. The van der Waals surface area contributed by atoms with Gasteiger partial charge in [-0.05, 0) is 56.9 Å². The molecule has 2 unspecified atom stereocenters. The van der Waals surface area contributed by atoms with Crippen LogP contribution < -0.4 is 5.32 Å². The van der Waals surface area contributed by atoms with Crippen LogP contribution in [0.3, 0.4) is 0 Å². The molecule has 1 fully saturated rings. The molecule has 0 amide bonds. The lowest BCUT2D eigenvalue weighted by Gasteiger charge is -2.34. The monoisotopic (exact) mass is 277 g/mol. The van der Waals surface area contributed by atoms with Crippen LogP contribution in [0.15, 0.2) is 30.3 Å². The topological polar surface area (TPSA) is 12.0 Å². The molecule has 1 aromatic rings. The van der Waals surface area contributed by atoms with Crippen molar-refractivity contribution >= 4 is 11.8 Å². The van der Waals surface area contributed by atoms with Gasteiger partial charge in [0.25, 0.3) is 0 Å². The van der Waals surface area contributed by atoms with Crippen LogP contribution in [0.1, 0.15) is 45.1 Å². The predicted molar refractivity (Wildman–Crippen MR) is 86.9 cm³/mol. The van der Waals surface area contributed by atoms with E-state index in [2.05, 4.69) is 61.3 Å². The maximum atomic E-state index is 3.80. The van der Waals surface area contributed by atoms with Crippen molar-refractivity contribution in [1.29, 1.82) is 0 Å². The summed E-state index contributed by atoms with van der Waals surface area (Å²) in [5.41, 5.74) is 1.47. The van der Waals surface area contributed by atoms with Gasteiger partial charge in [-0.25, -0.2) is 0 Å². The Hall–Kier alpha value is -0.470. The summed E-state index contributed by atoms with van der Waals surface area (Å²) in [4.78, 5) is 0. The van der Waals surface area contributed by atoms with Crippen LogP contribution in [-0.4, -0.2) is 23.1 Å². The van der Waals surface area contributed by atoms with E-state index in [1.807, 2.05) is 0 Å². The first kappa shape index (κ1) is 14.9. The Labute approximate surface area is 122 Å². The number of rotatable bonds is 7. The van der Waals surface area contributed by atoms with Gasteiger partial charge in [-0.1, -0.05) is 37.3 Å². The van der Waals surface area contributed by atoms with Crippen LogP contribution in [0.5, 0.6) is 0 Å². The average Bonchev–Trinajstić information content (AvgIpc) is 2.88. The summed E-state index contributed by atoms with van der Waals surface area (Å²) in [5, 5.41) is 3.80. The van der Waals surface area contributed by atoms with Crippen LogP contribution in [0.2, 0.25) is 0 Å². The summed E-state index contributed by atoms with van der Waals surface area (Å²) in [6.07, 6.45) is 6.43. The van der Waals surface area contributed by atoms with Crippen molar-refractivity contribution < 1.29 is 0 Å². The summed E-state index contributed by atoms with van der Waals surface area (Å²) in [6, 6.07) is 11.6. The number of benzene rings is 1. The molecule has 1 heterocycles. The molecule has 1 nitrogen and oxygen atoms in total. The van der Waals surface area contributed by atoms with Gasteiger partial charge in [0.1, 0.15) is 0 Å². The maximum Gasteiger partial charge on any atom is 0.0285 e. The predicted octanol–water partition coefficient (Wildman–Crippen LogP) is 4.27. The first-order valence-corrected chi connectivity index (χ1v) is 8.64. The molecule has 0 bridgehead atoms. The van der Waals surface area contributed by atoms with Crippen LogP contribution in [0.4, 0.5) is 0 Å². The van der Waals surface area contributed by atoms with Crippen molar-refractivity contribution in [3.63, 3.8) is 0 Å². The molecule has 2 rings (SSSR count). The second-order valence-electron chi connectivity index (χ2n) is 5.80. The van der Waals surface area contributed by atoms with Crippen molar-refractivity contribution in [3.8, 4) is 0 Å². The zero-order valence-electron chi connectivity index (χ0n) is 12.3. The zero-order chi connectivity index (χ0) is 13.6. The Kier molecular flexibility index (Phi) is 5.77. The number of thioether (sulfide) groups is 1. The Balaban J connectivity index is 1.93. The van der Waals surface area contributed by atoms with Gasteiger partial charge in [0.05, 0.1) is 0 Å². The Morgan fingerprint density at radius 2 is 2.11 bits per heavy atom. The van der Waals surface area contributed by atoms with Crippen LogP contribution in [0.25, 0.3) is 0 Å². The van der Waals surface area contributed by atoms with Crippen molar-refractivity contribution in [1.82, 2.24) is 5.32 Å². The number of hydrogen-bond donors (Lipinski definition) is 1. The molecule has 1 aliphatic heterocycles. The van der Waals surface area contributed by atoms with Gasteiger partial charge < -0.3 is 5.32 Å². The number of nitrogens with one attached hydrogen (secondary N) is 1. The molecule has 0 radical (unpaired) electrons. The van der Waals surface area contributed by atoms with E-state index in [0.717, 1.165) is 6.54 Å². The Morgan fingerprint density at radius 3 is 2.74 bits per heavy atom. The summed E-state index contributed by atoms with van der Waals surface area (Å²) >= 11 is 2.18. The SMILES string of the molecule is CCCNC(CCc1ccccc1)C1(C)CCCS1. The van der Waals surface area contributed by atoms with E-state index in [1.165, 1.54) is 43.4 Å². The Bertz CT molecular complexity index is 357. The van der Waals surface area contributed by atoms with Crippen molar-refractivity contribution in [2.45, 2.75) is 56.7 Å². The van der Waals surface area contributed by atoms with Crippen molar-refractivity contribution in [3.05, 3.63) is 35.9 Å². The fraction of sp³-hybridized carbons (Fsp3) is 0.647. The molecular formula is C17H27NS. The first-order chi connectivity index (χ1) is 9.24. The average molecular weight is 277 g/mol. The standard InChI is InChI=1S/C17H27NS/c1-3-13-18-16(17(2)12-7-14-19-17)11-10-15-8-5-4-6-9-15/h4-6,8-9,16,18H,3,7,10-14H2,1-2H3. The van der Waals surface area contributed by atoms with E-state index in [0.29, 0.717) is 10.8 Å². The lowest BCUT2D eigenvalue weighted by molar-refractivity contribution is 0.381. The van der Waals surface area contributed by atoms with Gasteiger partial charge in [-0.3, -0.25) is 0 Å². The van der Waals surface area contributed by atoms with Crippen molar-refractivity contribution in [2.24, 2.45) is 0 Å². The molecule has 0 aliphatic carbocycles. The highest BCUT2D eigenvalue weighted by molar-refractivity contribution is 8.00. The van der Waals surface area contributed by atoms with E-state index in [4.69, 9.17) is 0 Å². The number of hydrogen-bond acceptors (Lipinski definition) is 2. The smallest absolute Gasteiger partial charge is 0.0285 e. The fourth-order valence-electron chi connectivity index (χ4n) is 2.97. The third-order valence-electron chi connectivity index (χ3n) is 4.19. The van der Waals surface area contributed by atoms with Crippen LogP contribution in [-0.2, 0) is 6.42 Å². The van der Waals surface area contributed by atoms with E-state index in [-0.39, 0.29) is 0 Å². The van der Waals surface area contributed by atoms with E-state index in [9.17, 15) is 0 Å². The molecule has 0 saturated carbocycles. The van der Waals surface area contributed by atoms with Gasteiger partial charge in [0, 0.05) is 10.8 Å². The Morgan fingerprint density at radius 1 is 1.32 bits per heavy atom. The number of aryl methyl sites for hydroxylation is 1. The maximum absolute atomic E-state index is 3.80. The van der Waals surface area contributed by atoms with E-state index in [1.54, 1.807) is 0 Å². The minimum Gasteiger partial charge on any atom is -0.313 e. The van der Waals surface area contributed by atoms with Gasteiger partial charge in [-0.15, -0.1) is 0 Å². The third kappa shape index (κ3) is 4.25. The van der Waals surface area contributed by atoms with E-state index >= 15 is 0 Å². The van der Waals surface area contributed by atoms with E-state index < -0.39 is 0 Å².